The van der Waals surface area contributed by atoms with E-state index in [1.165, 1.54) is 30.9 Å². The maximum atomic E-state index is 13.4. The van der Waals surface area contributed by atoms with Gasteiger partial charge in [-0.15, -0.1) is 0 Å². The van der Waals surface area contributed by atoms with Gasteiger partial charge in [0.1, 0.15) is 11.3 Å². The van der Waals surface area contributed by atoms with Crippen molar-refractivity contribution < 1.29 is 37.4 Å². The van der Waals surface area contributed by atoms with Crippen LogP contribution in [0.5, 0.6) is 5.75 Å². The van der Waals surface area contributed by atoms with Crippen LogP contribution in [-0.2, 0) is 22.3 Å². The molecule has 3 amide bonds. The molecule has 0 aliphatic carbocycles. The fraction of sp³-hybridized carbons (Fsp3) is 0.423. The van der Waals surface area contributed by atoms with Crippen molar-refractivity contribution in [3.8, 4) is 5.75 Å². The molecule has 1 fully saturated rings. The Labute approximate surface area is 207 Å². The molecule has 1 atom stereocenters. The molecular weight excluding hydrogens is 477 g/mol. The third kappa shape index (κ3) is 4.76. The summed E-state index contributed by atoms with van der Waals surface area (Å²) in [7, 11) is 0. The molecule has 3 rings (SSSR count). The maximum absolute atomic E-state index is 13.4. The number of halogens is 3. The Morgan fingerprint density at radius 2 is 1.58 bits per heavy atom. The number of hydrogen-bond donors (Lipinski definition) is 1. The average Bonchev–Trinajstić information content (AvgIpc) is 2.96. The van der Waals surface area contributed by atoms with E-state index < -0.39 is 40.8 Å². The second-order valence-electron chi connectivity index (χ2n) is 9.66. The Morgan fingerprint density at radius 1 is 1.06 bits per heavy atom. The minimum atomic E-state index is -4.52. The van der Waals surface area contributed by atoms with Crippen molar-refractivity contribution in [1.29, 1.82) is 0 Å². The van der Waals surface area contributed by atoms with E-state index in [1.807, 2.05) is 0 Å². The number of benzene rings is 2. The molecule has 2 aromatic rings. The first-order valence-electron chi connectivity index (χ1n) is 11.4. The number of nitrogens with zero attached hydrogens (tertiary/aromatic N) is 2. The van der Waals surface area contributed by atoms with Crippen LogP contribution < -0.4 is 9.64 Å². The van der Waals surface area contributed by atoms with Crippen molar-refractivity contribution >= 4 is 23.6 Å². The number of ether oxygens (including phenoxy) is 1. The lowest BCUT2D eigenvalue weighted by molar-refractivity contribution is -0.152. The molecule has 36 heavy (non-hydrogen) atoms. The zero-order valence-corrected chi connectivity index (χ0v) is 21.0. The van der Waals surface area contributed by atoms with E-state index in [-0.39, 0.29) is 18.7 Å². The van der Waals surface area contributed by atoms with Crippen molar-refractivity contribution in [3.05, 3.63) is 58.7 Å². The fourth-order valence-corrected chi connectivity index (χ4v) is 4.22. The smallest absolute Gasteiger partial charge is 0.416 e. The summed E-state index contributed by atoms with van der Waals surface area (Å²) in [5, 5.41) is 9.37. The van der Waals surface area contributed by atoms with E-state index >= 15 is 0 Å². The third-order valence-corrected chi connectivity index (χ3v) is 6.50. The van der Waals surface area contributed by atoms with Crippen LogP contribution in [0.25, 0.3) is 0 Å². The van der Waals surface area contributed by atoms with E-state index in [2.05, 4.69) is 0 Å². The largest absolute Gasteiger partial charge is 0.478 e. The molecule has 10 heteroatoms. The molecule has 0 saturated carbocycles. The van der Waals surface area contributed by atoms with E-state index in [1.54, 1.807) is 39.8 Å². The Morgan fingerprint density at radius 3 is 2.03 bits per heavy atom. The summed E-state index contributed by atoms with van der Waals surface area (Å²) in [6.45, 7) is 9.61. The van der Waals surface area contributed by atoms with Gasteiger partial charge in [0.2, 0.25) is 0 Å². The highest BCUT2D eigenvalue weighted by Crippen LogP contribution is 2.39. The number of carbonyl (C=O) groups is 3. The first-order chi connectivity index (χ1) is 16.5. The summed E-state index contributed by atoms with van der Waals surface area (Å²) >= 11 is 0. The normalized spacial score (nSPS) is 18.7. The Balaban J connectivity index is 1.93. The quantitative estimate of drug-likeness (QED) is 0.487. The minimum Gasteiger partial charge on any atom is -0.478 e. The molecule has 1 aliphatic heterocycles. The van der Waals surface area contributed by atoms with Gasteiger partial charge in [0.15, 0.2) is 5.60 Å². The van der Waals surface area contributed by atoms with Crippen LogP contribution in [0.3, 0.4) is 0 Å². The van der Waals surface area contributed by atoms with Crippen LogP contribution in [-0.4, -0.2) is 39.1 Å². The summed E-state index contributed by atoms with van der Waals surface area (Å²) in [6.07, 6.45) is -4.26. The van der Waals surface area contributed by atoms with Gasteiger partial charge in [-0.25, -0.2) is 9.59 Å². The molecule has 7 nitrogen and oxygen atoms in total. The number of urea groups is 1. The fourth-order valence-electron chi connectivity index (χ4n) is 4.22. The third-order valence-electron chi connectivity index (χ3n) is 6.50. The van der Waals surface area contributed by atoms with Crippen LogP contribution >= 0.6 is 0 Å². The lowest BCUT2D eigenvalue weighted by Crippen LogP contribution is -2.46. The summed E-state index contributed by atoms with van der Waals surface area (Å²) in [5.41, 5.74) is -1.48. The summed E-state index contributed by atoms with van der Waals surface area (Å²) in [4.78, 5) is 40.5. The molecule has 1 unspecified atom stereocenters. The number of aliphatic carboxylic acids is 1. The number of carboxylic acids is 1. The summed E-state index contributed by atoms with van der Waals surface area (Å²) < 4.78 is 44.7. The highest BCUT2D eigenvalue weighted by Gasteiger charge is 2.54. The number of carboxylic acid groups (broad SMARTS) is 1. The lowest BCUT2D eigenvalue weighted by Gasteiger charge is -2.30. The Kier molecular flexibility index (Phi) is 6.87. The second-order valence-corrected chi connectivity index (χ2v) is 9.66. The monoisotopic (exact) mass is 506 g/mol. The van der Waals surface area contributed by atoms with Gasteiger partial charge in [-0.05, 0) is 82.0 Å². The van der Waals surface area contributed by atoms with Crippen LogP contribution in [0.2, 0.25) is 0 Å². The highest BCUT2D eigenvalue weighted by molar-refractivity contribution is 6.16. The number of anilines is 1. The van der Waals surface area contributed by atoms with Crippen LogP contribution in [0.1, 0.15) is 56.4 Å². The SMILES string of the molecule is CCC1(C)C(=O)N(Cc2cc(C)c(OC(C)(C)C(=O)O)c(C)c2)C(=O)N1c1ccc(C(F)(F)F)cc1. The number of alkyl halides is 3. The first kappa shape index (κ1) is 27.0. The van der Waals surface area contributed by atoms with E-state index in [9.17, 15) is 32.7 Å². The molecule has 194 valence electrons. The molecule has 1 saturated heterocycles. The molecule has 1 heterocycles. The molecule has 0 spiro atoms. The van der Waals surface area contributed by atoms with Gasteiger partial charge in [0.05, 0.1) is 12.1 Å². The van der Waals surface area contributed by atoms with Crippen molar-refractivity contribution in [3.63, 3.8) is 0 Å². The van der Waals surface area contributed by atoms with Crippen molar-refractivity contribution in [2.24, 2.45) is 0 Å². The topological polar surface area (TPSA) is 87.1 Å². The van der Waals surface area contributed by atoms with Gasteiger partial charge >= 0.3 is 18.2 Å². The van der Waals surface area contributed by atoms with Crippen molar-refractivity contribution in [1.82, 2.24) is 4.90 Å². The molecule has 0 radical (unpaired) electrons. The molecule has 1 aliphatic rings. The second kappa shape index (κ2) is 9.15. The number of rotatable bonds is 7. The number of carbonyl (C=O) groups excluding carboxylic acids is 2. The van der Waals surface area contributed by atoms with E-state index in [0.717, 1.165) is 17.0 Å². The zero-order chi connectivity index (χ0) is 27.2. The van der Waals surface area contributed by atoms with Crippen LogP contribution in [0, 0.1) is 13.8 Å². The number of amides is 3. The minimum absolute atomic E-state index is 0.0608. The molecular formula is C26H29F3N2O5. The zero-order valence-electron chi connectivity index (χ0n) is 21.0. The first-order valence-corrected chi connectivity index (χ1v) is 11.4. The summed E-state index contributed by atoms with van der Waals surface area (Å²) in [5.74, 6) is -1.19. The van der Waals surface area contributed by atoms with Crippen molar-refractivity contribution in [2.75, 3.05) is 4.90 Å². The molecule has 0 bridgehead atoms. The molecule has 2 aromatic carbocycles. The van der Waals surface area contributed by atoms with Gasteiger partial charge in [-0.1, -0.05) is 19.1 Å². The average molecular weight is 507 g/mol. The van der Waals surface area contributed by atoms with Crippen molar-refractivity contribution in [2.45, 2.75) is 71.8 Å². The predicted molar refractivity (Wildman–Crippen MR) is 127 cm³/mol. The summed E-state index contributed by atoms with van der Waals surface area (Å²) in [6, 6.07) is 6.94. The Hall–Kier alpha value is -3.56. The van der Waals surface area contributed by atoms with Gasteiger partial charge in [0.25, 0.3) is 5.91 Å². The number of aryl methyl sites for hydroxylation is 2. The van der Waals surface area contributed by atoms with Gasteiger partial charge < -0.3 is 9.84 Å². The highest BCUT2D eigenvalue weighted by atomic mass is 19.4. The standard InChI is InChI=1S/C26H29F3N2O5/c1-7-25(6)21(32)30(23(35)31(25)19-10-8-18(9-11-19)26(27,28)29)14-17-12-15(2)20(16(3)13-17)36-24(4,5)22(33)34/h8-13H,7,14H2,1-6H3,(H,33,34). The number of imide groups is 1. The molecule has 0 aromatic heterocycles. The maximum Gasteiger partial charge on any atom is 0.416 e. The van der Waals surface area contributed by atoms with Gasteiger partial charge in [0, 0.05) is 5.69 Å². The van der Waals surface area contributed by atoms with E-state index in [4.69, 9.17) is 4.74 Å². The van der Waals surface area contributed by atoms with Gasteiger partial charge in [-0.2, -0.15) is 13.2 Å². The Bertz CT molecular complexity index is 1180. The van der Waals surface area contributed by atoms with Crippen LogP contribution in [0.15, 0.2) is 36.4 Å². The van der Waals surface area contributed by atoms with Crippen LogP contribution in [0.4, 0.5) is 23.7 Å². The number of hydrogen-bond acceptors (Lipinski definition) is 4. The van der Waals surface area contributed by atoms with Gasteiger partial charge in [-0.3, -0.25) is 14.6 Å². The van der Waals surface area contributed by atoms with E-state index in [0.29, 0.717) is 22.4 Å². The lowest BCUT2D eigenvalue weighted by atomic mass is 9.96. The molecule has 1 N–H and O–H groups in total. The predicted octanol–water partition coefficient (Wildman–Crippen LogP) is 5.70.